The summed E-state index contributed by atoms with van der Waals surface area (Å²) in [5.41, 5.74) is 1.84. The maximum atomic E-state index is 9.98. The number of aliphatic hydroxyl groups excluding tert-OH is 4. The Balaban J connectivity index is 0.00000139. The average Bonchev–Trinajstić information content (AvgIpc) is 2.63. The molecule has 2 rings (SSSR count). The molecule has 0 bridgehead atoms. The van der Waals surface area contributed by atoms with Gasteiger partial charge < -0.3 is 35.2 Å². The van der Waals surface area contributed by atoms with Crippen LogP contribution in [0.4, 0.5) is 5.69 Å². The van der Waals surface area contributed by atoms with Crippen LogP contribution in [0.2, 0.25) is 0 Å². The van der Waals surface area contributed by atoms with E-state index in [-0.39, 0.29) is 0 Å². The lowest BCUT2D eigenvalue weighted by Crippen LogP contribution is -2.60. The number of anilines is 1. The number of hydrogen-bond acceptors (Lipinski definition) is 7. The van der Waals surface area contributed by atoms with Gasteiger partial charge in [0.2, 0.25) is 6.29 Å². The molecule has 138 valence electrons. The number of ether oxygens (including phenoxy) is 2. The van der Waals surface area contributed by atoms with Crippen LogP contribution in [0.5, 0.6) is 5.75 Å². The first-order valence-corrected chi connectivity index (χ1v) is 8.29. The first-order chi connectivity index (χ1) is 11.5. The van der Waals surface area contributed by atoms with E-state index in [0.717, 1.165) is 17.7 Å². The Hall–Kier alpha value is -1.38. The van der Waals surface area contributed by atoms with Gasteiger partial charge in [-0.2, -0.15) is 0 Å². The van der Waals surface area contributed by atoms with Crippen LogP contribution in [0.1, 0.15) is 26.3 Å². The molecule has 7 nitrogen and oxygen atoms in total. The lowest BCUT2D eigenvalue weighted by molar-refractivity contribution is -0.277. The van der Waals surface area contributed by atoms with E-state index < -0.39 is 37.3 Å². The van der Waals surface area contributed by atoms with Crippen molar-refractivity contribution in [1.29, 1.82) is 0 Å². The third-order valence-electron chi connectivity index (χ3n) is 3.81. The Bertz CT molecular complexity index is 496. The largest absolute Gasteiger partial charge is 0.460 e. The van der Waals surface area contributed by atoms with Crippen LogP contribution >= 0.6 is 0 Å². The van der Waals surface area contributed by atoms with E-state index >= 15 is 0 Å². The molecule has 24 heavy (non-hydrogen) atoms. The molecule has 7 heteroatoms. The quantitative estimate of drug-likeness (QED) is 0.529. The third kappa shape index (κ3) is 4.58. The Morgan fingerprint density at radius 3 is 2.33 bits per heavy atom. The fourth-order valence-corrected chi connectivity index (χ4v) is 2.39. The van der Waals surface area contributed by atoms with Crippen LogP contribution in [-0.2, 0) is 11.2 Å². The molecule has 5 unspecified atom stereocenters. The Morgan fingerprint density at radius 2 is 1.79 bits per heavy atom. The number of aliphatic hydroxyl groups is 4. The van der Waals surface area contributed by atoms with Crippen molar-refractivity contribution in [2.24, 2.45) is 0 Å². The summed E-state index contributed by atoms with van der Waals surface area (Å²) < 4.78 is 11.0. The summed E-state index contributed by atoms with van der Waals surface area (Å²) >= 11 is 0. The van der Waals surface area contributed by atoms with Crippen molar-refractivity contribution in [2.75, 3.05) is 19.0 Å². The molecule has 0 saturated carbocycles. The molecule has 1 aliphatic rings. The molecule has 1 heterocycles. The molecule has 0 amide bonds. The normalized spacial score (nSPS) is 29.4. The molecule has 0 aliphatic carbocycles. The summed E-state index contributed by atoms with van der Waals surface area (Å²) in [7, 11) is 1.74. The molecule has 0 radical (unpaired) electrons. The Morgan fingerprint density at radius 1 is 1.12 bits per heavy atom. The van der Waals surface area contributed by atoms with E-state index in [4.69, 9.17) is 9.47 Å². The highest BCUT2D eigenvalue weighted by molar-refractivity contribution is 5.57. The lowest BCUT2D eigenvalue weighted by atomic mass is 9.99. The van der Waals surface area contributed by atoms with E-state index in [9.17, 15) is 20.4 Å². The van der Waals surface area contributed by atoms with Gasteiger partial charge in [0.15, 0.2) is 0 Å². The van der Waals surface area contributed by atoms with Crippen molar-refractivity contribution in [3.05, 3.63) is 23.8 Å². The van der Waals surface area contributed by atoms with Crippen LogP contribution < -0.4 is 10.1 Å². The second kappa shape index (κ2) is 9.80. The molecule has 1 saturated heterocycles. The molecule has 1 aromatic carbocycles. The number of benzene rings is 1. The highest BCUT2D eigenvalue weighted by Gasteiger charge is 2.44. The van der Waals surface area contributed by atoms with E-state index in [1.54, 1.807) is 13.1 Å². The number of rotatable bonds is 5. The van der Waals surface area contributed by atoms with Crippen molar-refractivity contribution in [3.8, 4) is 5.75 Å². The summed E-state index contributed by atoms with van der Waals surface area (Å²) in [4.78, 5) is 0. The second-order valence-electron chi connectivity index (χ2n) is 5.25. The predicted molar refractivity (Wildman–Crippen MR) is 91.1 cm³/mol. The first-order valence-electron chi connectivity index (χ1n) is 8.29. The van der Waals surface area contributed by atoms with E-state index in [1.165, 1.54) is 0 Å². The van der Waals surface area contributed by atoms with Crippen molar-refractivity contribution < 1.29 is 29.9 Å². The van der Waals surface area contributed by atoms with Crippen molar-refractivity contribution >= 4 is 5.69 Å². The van der Waals surface area contributed by atoms with Gasteiger partial charge in [-0.1, -0.05) is 26.8 Å². The maximum Gasteiger partial charge on any atom is 0.229 e. The maximum absolute atomic E-state index is 9.98. The SMILES string of the molecule is CC.CCc1ccc(OC2OC(CO)C(O)C(O)C2O)c(NC)c1. The minimum atomic E-state index is -1.45. The standard InChI is InChI=1S/C15H23NO6.C2H6/c1-3-8-4-5-10(9(6-8)16-2)21-15-14(20)13(19)12(18)11(7-17)22-15;1-2/h4-6,11-20H,3,7H2,1-2H3;1-2H3. The topological polar surface area (TPSA) is 111 Å². The molecule has 1 aliphatic heterocycles. The highest BCUT2D eigenvalue weighted by Crippen LogP contribution is 2.30. The van der Waals surface area contributed by atoms with Crippen LogP contribution in [0.15, 0.2) is 18.2 Å². The molecule has 1 fully saturated rings. The minimum absolute atomic E-state index is 0.448. The molecular weight excluding hydrogens is 314 g/mol. The van der Waals surface area contributed by atoms with E-state index in [1.807, 2.05) is 32.9 Å². The van der Waals surface area contributed by atoms with E-state index in [2.05, 4.69) is 5.32 Å². The molecule has 0 spiro atoms. The summed E-state index contributed by atoms with van der Waals surface area (Å²) in [5, 5.41) is 41.7. The predicted octanol–water partition coefficient (Wildman–Crippen LogP) is 0.496. The lowest BCUT2D eigenvalue weighted by Gasteiger charge is -2.39. The summed E-state index contributed by atoms with van der Waals surface area (Å²) in [6.45, 7) is 5.55. The van der Waals surface area contributed by atoms with Crippen LogP contribution in [-0.4, -0.2) is 64.8 Å². The molecule has 5 atom stereocenters. The van der Waals surface area contributed by atoms with Gasteiger partial charge in [0, 0.05) is 7.05 Å². The van der Waals surface area contributed by atoms with Gasteiger partial charge in [-0.15, -0.1) is 0 Å². The fourth-order valence-electron chi connectivity index (χ4n) is 2.39. The monoisotopic (exact) mass is 343 g/mol. The minimum Gasteiger partial charge on any atom is -0.460 e. The number of nitrogens with one attached hydrogen (secondary N) is 1. The summed E-state index contributed by atoms with van der Waals surface area (Å²) in [6.07, 6.45) is -5.58. The van der Waals surface area contributed by atoms with Gasteiger partial charge in [-0.3, -0.25) is 0 Å². The summed E-state index contributed by atoms with van der Waals surface area (Å²) in [5.74, 6) is 0.448. The first kappa shape index (κ1) is 20.7. The molecule has 0 aromatic heterocycles. The zero-order chi connectivity index (χ0) is 18.3. The van der Waals surface area contributed by atoms with Crippen molar-refractivity contribution in [1.82, 2.24) is 0 Å². The molecule has 5 N–H and O–H groups in total. The van der Waals surface area contributed by atoms with Gasteiger partial charge in [-0.05, 0) is 24.1 Å². The fraction of sp³-hybridized carbons (Fsp3) is 0.647. The summed E-state index contributed by atoms with van der Waals surface area (Å²) in [6, 6.07) is 5.55. The van der Waals surface area contributed by atoms with Crippen LogP contribution in [0.3, 0.4) is 0 Å². The Kier molecular flexibility index (Phi) is 8.44. The highest BCUT2D eigenvalue weighted by atomic mass is 16.7. The second-order valence-corrected chi connectivity index (χ2v) is 5.25. The van der Waals surface area contributed by atoms with Gasteiger partial charge >= 0.3 is 0 Å². The zero-order valence-corrected chi connectivity index (χ0v) is 14.6. The Labute approximate surface area is 142 Å². The molecular formula is C17H29NO6. The number of hydrogen-bond donors (Lipinski definition) is 5. The van der Waals surface area contributed by atoms with Gasteiger partial charge in [-0.25, -0.2) is 0 Å². The van der Waals surface area contributed by atoms with E-state index in [0.29, 0.717) is 5.75 Å². The van der Waals surface area contributed by atoms with Crippen molar-refractivity contribution in [2.45, 2.75) is 57.9 Å². The third-order valence-corrected chi connectivity index (χ3v) is 3.81. The van der Waals surface area contributed by atoms with Crippen LogP contribution in [0, 0.1) is 0 Å². The molecule has 1 aromatic rings. The number of aryl methyl sites for hydroxylation is 1. The van der Waals surface area contributed by atoms with Gasteiger partial charge in [0.05, 0.1) is 12.3 Å². The van der Waals surface area contributed by atoms with Gasteiger partial charge in [0.25, 0.3) is 0 Å². The zero-order valence-electron chi connectivity index (χ0n) is 14.6. The van der Waals surface area contributed by atoms with Crippen LogP contribution in [0.25, 0.3) is 0 Å². The smallest absolute Gasteiger partial charge is 0.229 e. The van der Waals surface area contributed by atoms with Gasteiger partial charge in [0.1, 0.15) is 30.2 Å². The van der Waals surface area contributed by atoms with Crippen molar-refractivity contribution in [3.63, 3.8) is 0 Å². The average molecular weight is 343 g/mol.